The molecule has 1 amide bonds. The van der Waals surface area contributed by atoms with Crippen molar-refractivity contribution in [2.45, 2.75) is 13.5 Å². The second-order valence-electron chi connectivity index (χ2n) is 6.06. The number of carbonyl (C=O) groups excluding carboxylic acids is 1. The fraction of sp³-hybridized carbons (Fsp3) is 0.105. The number of fused-ring (bicyclic) bond motifs is 1. The van der Waals surface area contributed by atoms with Gasteiger partial charge in [0.2, 0.25) is 5.91 Å². The Morgan fingerprint density at radius 2 is 2.12 bits per heavy atom. The largest absolute Gasteiger partial charge is 0.338 e. The Morgan fingerprint density at radius 3 is 2.88 bits per heavy atom. The molecule has 0 unspecified atom stereocenters. The number of benzene rings is 2. The lowest BCUT2D eigenvalue weighted by Crippen LogP contribution is -2.18. The lowest BCUT2D eigenvalue weighted by atomic mass is 10.2. The average Bonchev–Trinajstić information content (AvgIpc) is 3.20. The quantitative estimate of drug-likeness (QED) is 0.573. The van der Waals surface area contributed by atoms with Crippen LogP contribution in [0.5, 0.6) is 0 Å². The van der Waals surface area contributed by atoms with Crippen molar-refractivity contribution in [3.8, 4) is 11.4 Å². The fourth-order valence-electron chi connectivity index (χ4n) is 2.77. The maximum atomic E-state index is 12.2. The molecule has 2 aromatic heterocycles. The first-order valence-electron chi connectivity index (χ1n) is 8.12. The van der Waals surface area contributed by atoms with Crippen LogP contribution in [0.4, 0.5) is 5.69 Å². The minimum atomic E-state index is -0.140. The molecule has 26 heavy (non-hydrogen) atoms. The highest BCUT2D eigenvalue weighted by Crippen LogP contribution is 2.28. The Hall–Kier alpha value is -3.12. The van der Waals surface area contributed by atoms with Crippen LogP contribution < -0.4 is 5.32 Å². The maximum Gasteiger partial charge on any atom is 0.246 e. The van der Waals surface area contributed by atoms with E-state index in [9.17, 15) is 4.79 Å². The van der Waals surface area contributed by atoms with Crippen LogP contribution in [0.25, 0.3) is 22.4 Å². The molecule has 2 aromatic carbocycles. The van der Waals surface area contributed by atoms with Crippen molar-refractivity contribution in [1.29, 1.82) is 0 Å². The van der Waals surface area contributed by atoms with E-state index in [4.69, 9.17) is 11.6 Å². The molecule has 0 radical (unpaired) electrons. The summed E-state index contributed by atoms with van der Waals surface area (Å²) in [4.78, 5) is 20.0. The summed E-state index contributed by atoms with van der Waals surface area (Å²) in [5.74, 6) is 0.555. The van der Waals surface area contributed by atoms with Gasteiger partial charge in [-0.2, -0.15) is 5.10 Å². The first-order chi connectivity index (χ1) is 12.6. The minimum absolute atomic E-state index is 0.140. The van der Waals surface area contributed by atoms with E-state index in [1.54, 1.807) is 10.9 Å². The molecule has 0 aliphatic carbocycles. The number of nitrogens with zero attached hydrogens (tertiary/aromatic N) is 3. The van der Waals surface area contributed by atoms with Crippen molar-refractivity contribution in [3.63, 3.8) is 0 Å². The molecule has 0 bridgehead atoms. The third kappa shape index (κ3) is 3.32. The molecule has 7 heteroatoms. The van der Waals surface area contributed by atoms with Crippen molar-refractivity contribution in [2.24, 2.45) is 0 Å². The van der Waals surface area contributed by atoms with Crippen LogP contribution in [-0.4, -0.2) is 25.7 Å². The smallest absolute Gasteiger partial charge is 0.246 e. The summed E-state index contributed by atoms with van der Waals surface area (Å²) in [7, 11) is 0. The predicted octanol–water partition coefficient (Wildman–Crippen LogP) is 4.03. The summed E-state index contributed by atoms with van der Waals surface area (Å²) in [6.45, 7) is 2.10. The van der Waals surface area contributed by atoms with Crippen LogP contribution in [-0.2, 0) is 11.3 Å². The van der Waals surface area contributed by atoms with Gasteiger partial charge in [0.05, 0.1) is 22.3 Å². The zero-order chi connectivity index (χ0) is 18.1. The second-order valence-corrected chi connectivity index (χ2v) is 6.47. The van der Waals surface area contributed by atoms with Gasteiger partial charge in [0.25, 0.3) is 0 Å². The summed E-state index contributed by atoms with van der Waals surface area (Å²) >= 11 is 6.24. The number of halogens is 1. The fourth-order valence-corrected chi connectivity index (χ4v) is 2.99. The molecule has 0 saturated carbocycles. The van der Waals surface area contributed by atoms with Crippen LogP contribution >= 0.6 is 11.6 Å². The van der Waals surface area contributed by atoms with E-state index < -0.39 is 0 Å². The van der Waals surface area contributed by atoms with Gasteiger partial charge in [-0.05, 0) is 42.8 Å². The number of aryl methyl sites for hydroxylation is 1. The standard InChI is InChI=1S/C19H16ClN5O/c1-12-9-21-25(10-12)11-18(26)22-13-6-7-16-17(8-13)24-19(23-16)14-4-2-3-5-15(14)20/h2-10H,11H2,1H3,(H,22,26)(H,23,24). The van der Waals surface area contributed by atoms with Gasteiger partial charge in [0.15, 0.2) is 0 Å². The Bertz CT molecular complexity index is 1100. The number of aromatic nitrogens is 4. The molecule has 2 N–H and O–H groups in total. The van der Waals surface area contributed by atoms with Gasteiger partial charge in [-0.1, -0.05) is 23.7 Å². The second kappa shape index (κ2) is 6.65. The molecule has 0 aliphatic rings. The minimum Gasteiger partial charge on any atom is -0.338 e. The highest BCUT2D eigenvalue weighted by molar-refractivity contribution is 6.33. The summed E-state index contributed by atoms with van der Waals surface area (Å²) in [6, 6.07) is 13.1. The molecule has 0 saturated heterocycles. The Kier molecular flexibility index (Phi) is 4.18. The van der Waals surface area contributed by atoms with Crippen LogP contribution in [0.15, 0.2) is 54.9 Å². The predicted molar refractivity (Wildman–Crippen MR) is 102 cm³/mol. The Labute approximate surface area is 154 Å². The van der Waals surface area contributed by atoms with Crippen molar-refractivity contribution in [1.82, 2.24) is 19.7 Å². The van der Waals surface area contributed by atoms with Crippen LogP contribution in [0.1, 0.15) is 5.56 Å². The van der Waals surface area contributed by atoms with Crippen molar-refractivity contribution in [2.75, 3.05) is 5.32 Å². The number of anilines is 1. The summed E-state index contributed by atoms with van der Waals surface area (Å²) in [6.07, 6.45) is 3.55. The molecule has 6 nitrogen and oxygen atoms in total. The molecule has 0 atom stereocenters. The number of hydrogen-bond acceptors (Lipinski definition) is 3. The third-order valence-corrected chi connectivity index (χ3v) is 4.29. The van der Waals surface area contributed by atoms with Gasteiger partial charge in [0.1, 0.15) is 12.4 Å². The molecule has 4 rings (SSSR count). The van der Waals surface area contributed by atoms with E-state index in [0.29, 0.717) is 16.5 Å². The maximum absolute atomic E-state index is 12.2. The number of carbonyl (C=O) groups is 1. The van der Waals surface area contributed by atoms with Gasteiger partial charge < -0.3 is 10.3 Å². The number of amides is 1. The van der Waals surface area contributed by atoms with E-state index in [1.807, 2.05) is 55.6 Å². The highest BCUT2D eigenvalue weighted by atomic mass is 35.5. The van der Waals surface area contributed by atoms with Crippen molar-refractivity contribution >= 4 is 34.2 Å². The summed E-state index contributed by atoms with van der Waals surface area (Å²) in [5, 5.41) is 7.63. The zero-order valence-corrected chi connectivity index (χ0v) is 14.8. The molecule has 130 valence electrons. The van der Waals surface area contributed by atoms with Crippen LogP contribution in [0, 0.1) is 6.92 Å². The molecule has 0 spiro atoms. The first kappa shape index (κ1) is 16.4. The molecular weight excluding hydrogens is 350 g/mol. The van der Waals surface area contributed by atoms with Gasteiger partial charge in [-0.15, -0.1) is 0 Å². The lowest BCUT2D eigenvalue weighted by Gasteiger charge is -2.05. The first-order valence-corrected chi connectivity index (χ1v) is 8.50. The topological polar surface area (TPSA) is 75.6 Å². The van der Waals surface area contributed by atoms with Gasteiger partial charge in [-0.3, -0.25) is 9.48 Å². The summed E-state index contributed by atoms with van der Waals surface area (Å²) < 4.78 is 1.61. The SMILES string of the molecule is Cc1cnn(CC(=O)Nc2ccc3nc(-c4ccccc4Cl)[nH]c3c2)c1. The molecule has 0 fully saturated rings. The van der Waals surface area contributed by atoms with E-state index in [-0.39, 0.29) is 12.5 Å². The molecule has 0 aliphatic heterocycles. The van der Waals surface area contributed by atoms with Crippen molar-refractivity contribution < 1.29 is 4.79 Å². The summed E-state index contributed by atoms with van der Waals surface area (Å²) in [5.41, 5.74) is 4.18. The molecule has 4 aromatic rings. The number of hydrogen-bond donors (Lipinski definition) is 2. The average molecular weight is 366 g/mol. The molecule has 2 heterocycles. The number of nitrogens with one attached hydrogen (secondary N) is 2. The molecular formula is C19H16ClN5O. The Balaban J connectivity index is 1.56. The van der Waals surface area contributed by atoms with Gasteiger partial charge in [0, 0.05) is 17.4 Å². The Morgan fingerprint density at radius 1 is 1.27 bits per heavy atom. The highest BCUT2D eigenvalue weighted by Gasteiger charge is 2.10. The number of aromatic amines is 1. The van der Waals surface area contributed by atoms with Gasteiger partial charge in [-0.25, -0.2) is 4.98 Å². The lowest BCUT2D eigenvalue weighted by molar-refractivity contribution is -0.116. The van der Waals surface area contributed by atoms with Crippen LogP contribution in [0.3, 0.4) is 0 Å². The van der Waals surface area contributed by atoms with Gasteiger partial charge >= 0.3 is 0 Å². The van der Waals surface area contributed by atoms with Crippen LogP contribution in [0.2, 0.25) is 5.02 Å². The van der Waals surface area contributed by atoms with E-state index in [2.05, 4.69) is 20.4 Å². The number of rotatable bonds is 4. The monoisotopic (exact) mass is 365 g/mol. The normalized spacial score (nSPS) is 11.0. The van der Waals surface area contributed by atoms with E-state index >= 15 is 0 Å². The van der Waals surface area contributed by atoms with Crippen molar-refractivity contribution in [3.05, 3.63) is 65.4 Å². The van der Waals surface area contributed by atoms with E-state index in [0.717, 1.165) is 22.2 Å². The van der Waals surface area contributed by atoms with E-state index in [1.165, 1.54) is 0 Å². The third-order valence-electron chi connectivity index (χ3n) is 3.96. The zero-order valence-electron chi connectivity index (χ0n) is 14.0. The number of imidazole rings is 1. The number of H-pyrrole nitrogens is 1.